The maximum Gasteiger partial charge on any atom is 0.260 e. The molecule has 4 aromatic rings. The third-order valence-electron chi connectivity index (χ3n) is 5.61. The van der Waals surface area contributed by atoms with Crippen LogP contribution in [0, 0.1) is 0 Å². The molecule has 6 nitrogen and oxygen atoms in total. The van der Waals surface area contributed by atoms with Crippen molar-refractivity contribution in [3.05, 3.63) is 81.7 Å². The molecular weight excluding hydrogens is 466 g/mol. The topological polar surface area (TPSA) is 95.1 Å². The maximum absolute atomic E-state index is 12.8. The largest absolute Gasteiger partial charge is 0.508 e. The number of hydrogen-bond acceptors (Lipinski definition) is 6. The number of H-pyrrole nitrogens is 1. The van der Waals surface area contributed by atoms with Crippen molar-refractivity contribution in [3.63, 3.8) is 0 Å². The van der Waals surface area contributed by atoms with Gasteiger partial charge in [-0.15, -0.1) is 23.1 Å². The molecule has 2 heterocycles. The number of thioether (sulfide) groups is 1. The summed E-state index contributed by atoms with van der Waals surface area (Å²) in [6.45, 7) is 3.85. The molecule has 8 heteroatoms. The Hall–Kier alpha value is -3.10. The standard InChI is InChI=1S/C26H27N3O3S2/c1-16(8-9-18-10-12-20(30)13-11-18)27-24(31)17(2)33-15-22-28-25(32)23-21(14-34-26(23)29-22)19-6-4-3-5-7-19/h3-7,10-14,16-17,30H,8-9,15H2,1-2H3,(H,27,31)(H,28,29,32)/t16-,17-/m1/s1. The van der Waals surface area contributed by atoms with Gasteiger partial charge < -0.3 is 15.4 Å². The third kappa shape index (κ3) is 5.87. The summed E-state index contributed by atoms with van der Waals surface area (Å²) in [4.78, 5) is 33.6. The normalized spacial score (nSPS) is 13.0. The van der Waals surface area contributed by atoms with E-state index in [4.69, 9.17) is 0 Å². The molecule has 0 fully saturated rings. The molecule has 3 N–H and O–H groups in total. The fraction of sp³-hybridized carbons (Fsp3) is 0.269. The fourth-order valence-electron chi connectivity index (χ4n) is 3.65. The van der Waals surface area contributed by atoms with Crippen LogP contribution >= 0.6 is 23.1 Å². The van der Waals surface area contributed by atoms with Gasteiger partial charge in [0, 0.05) is 17.0 Å². The second kappa shape index (κ2) is 10.9. The molecule has 0 aliphatic rings. The highest BCUT2D eigenvalue weighted by Crippen LogP contribution is 2.30. The number of hydrogen-bond donors (Lipinski definition) is 3. The fourth-order valence-corrected chi connectivity index (χ4v) is 5.38. The Kier molecular flexibility index (Phi) is 7.70. The van der Waals surface area contributed by atoms with E-state index in [1.54, 1.807) is 12.1 Å². The van der Waals surface area contributed by atoms with Crippen LogP contribution < -0.4 is 10.9 Å². The van der Waals surface area contributed by atoms with Gasteiger partial charge in [-0.1, -0.05) is 42.5 Å². The molecule has 0 aliphatic carbocycles. The van der Waals surface area contributed by atoms with Crippen molar-refractivity contribution < 1.29 is 9.90 Å². The van der Waals surface area contributed by atoms with Crippen LogP contribution in [0.5, 0.6) is 5.75 Å². The highest BCUT2D eigenvalue weighted by molar-refractivity contribution is 7.99. The number of aryl methyl sites for hydroxylation is 1. The zero-order valence-corrected chi connectivity index (χ0v) is 20.7. The predicted octanol–water partition coefficient (Wildman–Crippen LogP) is 5.12. The van der Waals surface area contributed by atoms with E-state index in [2.05, 4.69) is 15.3 Å². The van der Waals surface area contributed by atoms with Gasteiger partial charge in [0.1, 0.15) is 16.4 Å². The molecule has 2 atom stereocenters. The van der Waals surface area contributed by atoms with E-state index in [1.807, 2.05) is 61.7 Å². The first-order valence-electron chi connectivity index (χ1n) is 11.2. The average Bonchev–Trinajstić information content (AvgIpc) is 3.27. The Morgan fingerprint density at radius 2 is 1.88 bits per heavy atom. The lowest BCUT2D eigenvalue weighted by Gasteiger charge is -2.17. The van der Waals surface area contributed by atoms with Crippen LogP contribution in [0.1, 0.15) is 31.7 Å². The van der Waals surface area contributed by atoms with Gasteiger partial charge in [-0.25, -0.2) is 4.98 Å². The smallest absolute Gasteiger partial charge is 0.260 e. The van der Waals surface area contributed by atoms with Gasteiger partial charge in [-0.05, 0) is 49.9 Å². The van der Waals surface area contributed by atoms with Crippen molar-refractivity contribution in [1.82, 2.24) is 15.3 Å². The Balaban J connectivity index is 1.32. The number of phenolic OH excluding ortho intramolecular Hbond substituents is 1. The second-order valence-corrected chi connectivity index (χ2v) is 10.5. The number of carbonyl (C=O) groups excluding carboxylic acids is 1. The van der Waals surface area contributed by atoms with Crippen molar-refractivity contribution in [2.75, 3.05) is 0 Å². The minimum atomic E-state index is -0.277. The number of thiophene rings is 1. The molecule has 2 aromatic heterocycles. The first-order valence-corrected chi connectivity index (χ1v) is 13.1. The van der Waals surface area contributed by atoms with E-state index in [-0.39, 0.29) is 28.5 Å². The average molecular weight is 494 g/mol. The van der Waals surface area contributed by atoms with Gasteiger partial charge in [0.15, 0.2) is 0 Å². The molecule has 0 saturated heterocycles. The van der Waals surface area contributed by atoms with Crippen LogP contribution in [0.2, 0.25) is 0 Å². The van der Waals surface area contributed by atoms with Gasteiger partial charge >= 0.3 is 0 Å². The number of aromatic amines is 1. The highest BCUT2D eigenvalue weighted by Gasteiger charge is 2.18. The van der Waals surface area contributed by atoms with E-state index < -0.39 is 0 Å². The highest BCUT2D eigenvalue weighted by atomic mass is 32.2. The molecule has 34 heavy (non-hydrogen) atoms. The molecule has 0 aliphatic heterocycles. The second-order valence-electron chi connectivity index (χ2n) is 8.28. The Morgan fingerprint density at radius 3 is 2.62 bits per heavy atom. The van der Waals surface area contributed by atoms with Gasteiger partial charge in [0.25, 0.3) is 5.56 Å². The van der Waals surface area contributed by atoms with E-state index in [1.165, 1.54) is 23.1 Å². The van der Waals surface area contributed by atoms with Crippen molar-refractivity contribution in [3.8, 4) is 16.9 Å². The lowest BCUT2D eigenvalue weighted by atomic mass is 10.1. The monoisotopic (exact) mass is 493 g/mol. The number of aromatic nitrogens is 2. The van der Waals surface area contributed by atoms with Crippen molar-refractivity contribution in [1.29, 1.82) is 0 Å². The predicted molar refractivity (Wildman–Crippen MR) is 140 cm³/mol. The first kappa shape index (κ1) is 24.0. The van der Waals surface area contributed by atoms with E-state index in [0.29, 0.717) is 21.8 Å². The van der Waals surface area contributed by atoms with Gasteiger partial charge in [-0.2, -0.15) is 0 Å². The van der Waals surface area contributed by atoms with Gasteiger partial charge in [-0.3, -0.25) is 9.59 Å². The minimum Gasteiger partial charge on any atom is -0.508 e. The molecule has 0 unspecified atom stereocenters. The molecule has 0 spiro atoms. The molecule has 2 aromatic carbocycles. The number of nitrogens with one attached hydrogen (secondary N) is 2. The summed E-state index contributed by atoms with van der Waals surface area (Å²) in [6.07, 6.45) is 1.63. The quantitative estimate of drug-likeness (QED) is 0.301. The molecular formula is C26H27N3O3S2. The number of nitrogens with zero attached hydrogens (tertiary/aromatic N) is 1. The molecule has 176 valence electrons. The number of amides is 1. The molecule has 0 radical (unpaired) electrons. The number of aromatic hydroxyl groups is 1. The number of benzene rings is 2. The molecule has 0 bridgehead atoms. The minimum absolute atomic E-state index is 0.0289. The van der Waals surface area contributed by atoms with E-state index in [0.717, 1.165) is 29.5 Å². The van der Waals surface area contributed by atoms with Crippen LogP contribution in [-0.4, -0.2) is 32.3 Å². The summed E-state index contributed by atoms with van der Waals surface area (Å²) in [6, 6.07) is 17.0. The van der Waals surface area contributed by atoms with E-state index in [9.17, 15) is 14.7 Å². The van der Waals surface area contributed by atoms with Crippen LogP contribution in [0.4, 0.5) is 0 Å². The van der Waals surface area contributed by atoms with Crippen LogP contribution in [0.3, 0.4) is 0 Å². The summed E-state index contributed by atoms with van der Waals surface area (Å²) in [5.74, 6) is 1.24. The number of phenols is 1. The van der Waals surface area contributed by atoms with Crippen molar-refractivity contribution in [2.24, 2.45) is 0 Å². The lowest BCUT2D eigenvalue weighted by molar-refractivity contribution is -0.120. The van der Waals surface area contributed by atoms with Gasteiger partial charge in [0.05, 0.1) is 16.4 Å². The van der Waals surface area contributed by atoms with Crippen LogP contribution in [0.25, 0.3) is 21.3 Å². The van der Waals surface area contributed by atoms with Crippen LogP contribution in [0.15, 0.2) is 64.8 Å². The summed E-state index contributed by atoms with van der Waals surface area (Å²) in [7, 11) is 0. The maximum atomic E-state index is 12.8. The Labute approximate surface area is 206 Å². The summed E-state index contributed by atoms with van der Waals surface area (Å²) < 4.78 is 0. The van der Waals surface area contributed by atoms with Gasteiger partial charge in [0.2, 0.25) is 5.91 Å². The lowest BCUT2D eigenvalue weighted by Crippen LogP contribution is -2.38. The van der Waals surface area contributed by atoms with Crippen LogP contribution in [-0.2, 0) is 17.0 Å². The number of fused-ring (bicyclic) bond motifs is 1. The zero-order chi connectivity index (χ0) is 24.1. The van der Waals surface area contributed by atoms with E-state index >= 15 is 0 Å². The first-order chi connectivity index (χ1) is 16.4. The zero-order valence-electron chi connectivity index (χ0n) is 19.1. The number of rotatable bonds is 9. The molecule has 0 saturated carbocycles. The number of carbonyl (C=O) groups is 1. The van der Waals surface area contributed by atoms with Crippen molar-refractivity contribution in [2.45, 2.75) is 43.7 Å². The Morgan fingerprint density at radius 1 is 1.15 bits per heavy atom. The molecule has 1 amide bonds. The summed E-state index contributed by atoms with van der Waals surface area (Å²) >= 11 is 2.91. The SMILES string of the molecule is C[C@H](CCc1ccc(O)cc1)NC(=O)[C@@H](C)SCc1nc2scc(-c3ccccc3)c2c(=O)[nH]1. The molecule has 4 rings (SSSR count). The summed E-state index contributed by atoms with van der Waals surface area (Å²) in [5.41, 5.74) is 2.85. The summed E-state index contributed by atoms with van der Waals surface area (Å²) in [5, 5.41) is 14.7. The third-order valence-corrected chi connectivity index (χ3v) is 7.63. The van der Waals surface area contributed by atoms with Crippen molar-refractivity contribution >= 4 is 39.2 Å². The Bertz CT molecular complexity index is 1320.